The molecule has 2 aliphatic rings. The Kier molecular flexibility index (Phi) is 3.42. The Morgan fingerprint density at radius 1 is 1.25 bits per heavy atom. The first-order chi connectivity index (χ1) is 7.57. The van der Waals surface area contributed by atoms with Gasteiger partial charge in [0.15, 0.2) is 0 Å². The van der Waals surface area contributed by atoms with Gasteiger partial charge in [-0.2, -0.15) is 0 Å². The van der Waals surface area contributed by atoms with Gasteiger partial charge in [0.05, 0.1) is 0 Å². The van der Waals surface area contributed by atoms with E-state index in [1.165, 1.54) is 0 Å². The molecule has 1 heterocycles. The molecule has 0 aromatic heterocycles. The van der Waals surface area contributed by atoms with E-state index < -0.39 is 5.92 Å². The fourth-order valence-electron chi connectivity index (χ4n) is 2.26. The minimum atomic E-state index is -2.54. The van der Waals surface area contributed by atoms with E-state index in [1.54, 1.807) is 0 Å². The van der Waals surface area contributed by atoms with Crippen LogP contribution in [0.5, 0.6) is 0 Å². The molecule has 2 fully saturated rings. The molecule has 0 radical (unpaired) electrons. The lowest BCUT2D eigenvalue weighted by atomic mass is 9.92. The molecule has 3 nitrogen and oxygen atoms in total. The van der Waals surface area contributed by atoms with Gasteiger partial charge in [-0.1, -0.05) is 0 Å². The van der Waals surface area contributed by atoms with Crippen LogP contribution in [0.4, 0.5) is 8.78 Å². The Bertz CT molecular complexity index is 255. The Morgan fingerprint density at radius 3 is 2.50 bits per heavy atom. The molecule has 0 aromatic rings. The van der Waals surface area contributed by atoms with Crippen LogP contribution in [0.2, 0.25) is 0 Å². The lowest BCUT2D eigenvalue weighted by Crippen LogP contribution is -2.44. The van der Waals surface area contributed by atoms with E-state index in [0.29, 0.717) is 19.4 Å². The van der Waals surface area contributed by atoms with E-state index >= 15 is 0 Å². The average molecular weight is 233 g/mol. The smallest absolute Gasteiger partial charge is 0.249 e. The molecule has 1 N–H and O–H groups in total. The summed E-state index contributed by atoms with van der Waals surface area (Å²) in [7, 11) is 0. The van der Waals surface area contributed by atoms with Crippen LogP contribution in [0.3, 0.4) is 0 Å². The van der Waals surface area contributed by atoms with Crippen molar-refractivity contribution in [3.05, 3.63) is 0 Å². The summed E-state index contributed by atoms with van der Waals surface area (Å²) in [6.45, 7) is 0.626. The highest BCUT2D eigenvalue weighted by Gasteiger charge is 2.36. The summed E-state index contributed by atoms with van der Waals surface area (Å²) >= 11 is 0. The third-order valence-corrected chi connectivity index (χ3v) is 3.29. The molecule has 1 saturated carbocycles. The van der Waals surface area contributed by atoms with Gasteiger partial charge in [0.2, 0.25) is 11.8 Å². The number of amides is 1. The van der Waals surface area contributed by atoms with Gasteiger partial charge in [0, 0.05) is 25.5 Å². The van der Waals surface area contributed by atoms with E-state index in [-0.39, 0.29) is 30.9 Å². The number of carbonyl (C=O) groups excluding carboxylic acids is 1. The SMILES string of the molecule is O=C(NC1CCC(F)(F)CC1)[C@H]1CCCO1. The molecule has 1 aliphatic heterocycles. The van der Waals surface area contributed by atoms with Crippen LogP contribution in [0, 0.1) is 0 Å². The summed E-state index contributed by atoms with van der Waals surface area (Å²) in [4.78, 5) is 11.7. The van der Waals surface area contributed by atoms with Crippen LogP contribution < -0.4 is 5.32 Å². The van der Waals surface area contributed by atoms with Gasteiger partial charge in [0.1, 0.15) is 6.10 Å². The van der Waals surface area contributed by atoms with Crippen molar-refractivity contribution >= 4 is 5.91 Å². The van der Waals surface area contributed by atoms with Gasteiger partial charge >= 0.3 is 0 Å². The average Bonchev–Trinajstić information content (AvgIpc) is 2.74. The summed E-state index contributed by atoms with van der Waals surface area (Å²) in [5.74, 6) is -2.67. The van der Waals surface area contributed by atoms with E-state index in [2.05, 4.69) is 5.32 Å². The lowest BCUT2D eigenvalue weighted by Gasteiger charge is -2.29. The van der Waals surface area contributed by atoms with Crippen molar-refractivity contribution in [2.45, 2.75) is 56.6 Å². The Hall–Kier alpha value is -0.710. The monoisotopic (exact) mass is 233 g/mol. The number of halogens is 2. The molecule has 1 saturated heterocycles. The number of alkyl halides is 2. The quantitative estimate of drug-likeness (QED) is 0.790. The summed E-state index contributed by atoms with van der Waals surface area (Å²) in [6, 6.07) is -0.101. The van der Waals surface area contributed by atoms with Crippen molar-refractivity contribution in [3.63, 3.8) is 0 Å². The molecule has 2 rings (SSSR count). The Labute approximate surface area is 93.5 Å². The van der Waals surface area contributed by atoms with Crippen molar-refractivity contribution in [1.82, 2.24) is 5.32 Å². The topological polar surface area (TPSA) is 38.3 Å². The van der Waals surface area contributed by atoms with Gasteiger partial charge in [0.25, 0.3) is 0 Å². The third-order valence-electron chi connectivity index (χ3n) is 3.29. The van der Waals surface area contributed by atoms with Crippen molar-refractivity contribution in [3.8, 4) is 0 Å². The molecule has 16 heavy (non-hydrogen) atoms. The second-order valence-electron chi connectivity index (χ2n) is 4.64. The molecule has 0 spiro atoms. The minimum Gasteiger partial charge on any atom is -0.368 e. The first-order valence-electron chi connectivity index (χ1n) is 5.87. The Morgan fingerprint density at radius 2 is 1.94 bits per heavy atom. The van der Waals surface area contributed by atoms with E-state index in [1.807, 2.05) is 0 Å². The largest absolute Gasteiger partial charge is 0.368 e. The highest BCUT2D eigenvalue weighted by molar-refractivity contribution is 5.81. The van der Waals surface area contributed by atoms with Gasteiger partial charge in [-0.15, -0.1) is 0 Å². The standard InChI is InChI=1S/C11H17F2NO2/c12-11(13)5-3-8(4-6-11)14-10(15)9-2-1-7-16-9/h8-9H,1-7H2,(H,14,15)/t9-/m1/s1. The number of carbonyl (C=O) groups is 1. The first kappa shape index (κ1) is 11.8. The zero-order valence-corrected chi connectivity index (χ0v) is 9.18. The van der Waals surface area contributed by atoms with Gasteiger partial charge in [-0.3, -0.25) is 4.79 Å². The molecule has 1 aliphatic carbocycles. The molecule has 5 heteroatoms. The number of nitrogens with one attached hydrogen (secondary N) is 1. The summed E-state index contributed by atoms with van der Waals surface area (Å²) in [5.41, 5.74) is 0. The van der Waals surface area contributed by atoms with Crippen LogP contribution in [-0.4, -0.2) is 30.6 Å². The fourth-order valence-corrected chi connectivity index (χ4v) is 2.26. The van der Waals surface area contributed by atoms with Gasteiger partial charge in [-0.05, 0) is 25.7 Å². The summed E-state index contributed by atoms with van der Waals surface area (Å²) in [6.07, 6.45) is 1.78. The zero-order chi connectivity index (χ0) is 11.6. The van der Waals surface area contributed by atoms with Crippen molar-refractivity contribution in [1.29, 1.82) is 0 Å². The van der Waals surface area contributed by atoms with Crippen molar-refractivity contribution in [2.75, 3.05) is 6.61 Å². The minimum absolute atomic E-state index is 0.101. The molecule has 92 valence electrons. The predicted octanol–water partition coefficient (Wildman–Crippen LogP) is 1.86. The molecule has 0 unspecified atom stereocenters. The molecule has 1 atom stereocenters. The summed E-state index contributed by atoms with van der Waals surface area (Å²) in [5, 5.41) is 2.80. The van der Waals surface area contributed by atoms with Gasteiger partial charge in [-0.25, -0.2) is 8.78 Å². The molecule has 0 bridgehead atoms. The highest BCUT2D eigenvalue weighted by atomic mass is 19.3. The van der Waals surface area contributed by atoms with Crippen molar-refractivity contribution in [2.24, 2.45) is 0 Å². The van der Waals surface area contributed by atoms with Crippen LogP contribution in [0.1, 0.15) is 38.5 Å². The highest BCUT2D eigenvalue weighted by Crippen LogP contribution is 2.33. The molecule has 1 amide bonds. The number of hydrogen-bond donors (Lipinski definition) is 1. The molecular formula is C11H17F2NO2. The van der Waals surface area contributed by atoms with Crippen LogP contribution in [-0.2, 0) is 9.53 Å². The fraction of sp³-hybridized carbons (Fsp3) is 0.909. The normalized spacial score (nSPS) is 30.2. The van der Waals surface area contributed by atoms with E-state index in [9.17, 15) is 13.6 Å². The van der Waals surface area contributed by atoms with Crippen LogP contribution in [0.25, 0.3) is 0 Å². The lowest BCUT2D eigenvalue weighted by molar-refractivity contribution is -0.131. The maximum Gasteiger partial charge on any atom is 0.249 e. The zero-order valence-electron chi connectivity index (χ0n) is 9.18. The maximum atomic E-state index is 12.9. The number of ether oxygens (including phenoxy) is 1. The molecule has 0 aromatic carbocycles. The number of hydrogen-bond acceptors (Lipinski definition) is 2. The second kappa shape index (κ2) is 4.65. The predicted molar refractivity (Wildman–Crippen MR) is 54.3 cm³/mol. The van der Waals surface area contributed by atoms with E-state index in [0.717, 1.165) is 12.8 Å². The Balaban J connectivity index is 1.76. The van der Waals surface area contributed by atoms with Gasteiger partial charge < -0.3 is 10.1 Å². The maximum absolute atomic E-state index is 12.9. The van der Waals surface area contributed by atoms with Crippen molar-refractivity contribution < 1.29 is 18.3 Å². The number of rotatable bonds is 2. The first-order valence-corrected chi connectivity index (χ1v) is 5.87. The third kappa shape index (κ3) is 2.90. The van der Waals surface area contributed by atoms with Crippen LogP contribution in [0.15, 0.2) is 0 Å². The van der Waals surface area contributed by atoms with E-state index in [4.69, 9.17) is 4.74 Å². The van der Waals surface area contributed by atoms with Crippen LogP contribution >= 0.6 is 0 Å². The second-order valence-corrected chi connectivity index (χ2v) is 4.64. The summed E-state index contributed by atoms with van der Waals surface area (Å²) < 4.78 is 31.0. The molecular weight excluding hydrogens is 216 g/mol.